The molecule has 2 amide bonds. The Kier molecular flexibility index (Phi) is 11.3. The Labute approximate surface area is 258 Å². The number of hydrogen-bond acceptors (Lipinski definition) is 5. The van der Waals surface area contributed by atoms with Gasteiger partial charge >= 0.3 is 0 Å². The fourth-order valence-electron chi connectivity index (χ4n) is 4.33. The second-order valence-corrected chi connectivity index (χ2v) is 13.6. The van der Waals surface area contributed by atoms with Crippen molar-refractivity contribution in [2.24, 2.45) is 0 Å². The van der Waals surface area contributed by atoms with Gasteiger partial charge in [0.25, 0.3) is 0 Å². The molecule has 3 rings (SSSR count). The lowest BCUT2D eigenvalue weighted by atomic mass is 10.0. The quantitative estimate of drug-likeness (QED) is 0.275. The van der Waals surface area contributed by atoms with Crippen molar-refractivity contribution < 1.29 is 22.7 Å². The van der Waals surface area contributed by atoms with Crippen LogP contribution in [0.5, 0.6) is 5.75 Å². The molecule has 0 bridgehead atoms. The number of carbonyl (C=O) groups excluding carboxylic acids is 2. The predicted molar refractivity (Wildman–Crippen MR) is 169 cm³/mol. The molecule has 0 aliphatic rings. The topological polar surface area (TPSA) is 96.0 Å². The molecule has 11 heteroatoms. The second kappa shape index (κ2) is 14.3. The minimum Gasteiger partial charge on any atom is -0.494 e. The Balaban J connectivity index is 2.07. The van der Waals surface area contributed by atoms with Crippen molar-refractivity contribution in [2.45, 2.75) is 52.2 Å². The van der Waals surface area contributed by atoms with E-state index in [0.29, 0.717) is 33.7 Å². The maximum atomic E-state index is 14.2. The van der Waals surface area contributed by atoms with E-state index in [-0.39, 0.29) is 18.9 Å². The molecule has 226 valence electrons. The van der Waals surface area contributed by atoms with Crippen LogP contribution in [0, 0.1) is 0 Å². The van der Waals surface area contributed by atoms with Gasteiger partial charge in [0, 0.05) is 18.5 Å². The molecule has 0 saturated heterocycles. The summed E-state index contributed by atoms with van der Waals surface area (Å²) in [7, 11) is -3.88. The molecule has 0 saturated carbocycles. The first-order chi connectivity index (χ1) is 19.7. The largest absolute Gasteiger partial charge is 0.494 e. The zero-order valence-electron chi connectivity index (χ0n) is 24.4. The van der Waals surface area contributed by atoms with E-state index in [0.717, 1.165) is 16.1 Å². The van der Waals surface area contributed by atoms with Gasteiger partial charge in [-0.05, 0) is 75.2 Å². The summed E-state index contributed by atoms with van der Waals surface area (Å²) in [6.07, 6.45) is 1.24. The van der Waals surface area contributed by atoms with Crippen molar-refractivity contribution >= 4 is 50.7 Å². The summed E-state index contributed by atoms with van der Waals surface area (Å²) in [4.78, 5) is 29.3. The number of rotatable bonds is 12. The Morgan fingerprint density at radius 2 is 1.57 bits per heavy atom. The molecule has 0 heterocycles. The molecule has 8 nitrogen and oxygen atoms in total. The van der Waals surface area contributed by atoms with Crippen molar-refractivity contribution in [3.05, 3.63) is 94.0 Å². The Hall–Kier alpha value is -3.27. The van der Waals surface area contributed by atoms with Crippen molar-refractivity contribution in [1.82, 2.24) is 10.2 Å². The Bertz CT molecular complexity index is 1480. The lowest BCUT2D eigenvalue weighted by Gasteiger charge is -2.35. The average molecular weight is 635 g/mol. The van der Waals surface area contributed by atoms with Crippen molar-refractivity contribution in [2.75, 3.05) is 23.7 Å². The number of anilines is 1. The molecule has 0 fully saturated rings. The van der Waals surface area contributed by atoms with Gasteiger partial charge in [0.1, 0.15) is 18.3 Å². The molecule has 0 aromatic heterocycles. The van der Waals surface area contributed by atoms with Gasteiger partial charge in [0.05, 0.1) is 28.6 Å². The van der Waals surface area contributed by atoms with E-state index in [4.69, 9.17) is 27.9 Å². The van der Waals surface area contributed by atoms with Crippen LogP contribution in [0.3, 0.4) is 0 Å². The Morgan fingerprint density at radius 1 is 0.929 bits per heavy atom. The number of benzene rings is 3. The van der Waals surface area contributed by atoms with Crippen LogP contribution >= 0.6 is 23.2 Å². The molecular formula is C31H37Cl2N3O5S. The SMILES string of the molecule is CCOc1ccc(N(CC(=O)N(Cc2ccc(Cl)c(Cl)c2)C(Cc2ccccc2)C(=O)NC(C)(C)C)S(C)(=O)=O)cc1. The molecule has 1 unspecified atom stereocenters. The van der Waals surface area contributed by atoms with Gasteiger partial charge in [-0.3, -0.25) is 13.9 Å². The van der Waals surface area contributed by atoms with Gasteiger partial charge in [-0.2, -0.15) is 0 Å². The summed E-state index contributed by atoms with van der Waals surface area (Å²) >= 11 is 12.4. The molecule has 3 aromatic rings. The number of sulfonamides is 1. The van der Waals surface area contributed by atoms with E-state index in [1.54, 1.807) is 42.5 Å². The number of hydrogen-bond donors (Lipinski definition) is 1. The summed E-state index contributed by atoms with van der Waals surface area (Å²) < 4.78 is 32.4. The maximum Gasteiger partial charge on any atom is 0.244 e. The highest BCUT2D eigenvalue weighted by molar-refractivity contribution is 7.92. The van der Waals surface area contributed by atoms with E-state index in [9.17, 15) is 18.0 Å². The molecule has 0 aliphatic carbocycles. The maximum absolute atomic E-state index is 14.2. The molecule has 1 atom stereocenters. The van der Waals surface area contributed by atoms with Crippen LogP contribution in [0.4, 0.5) is 5.69 Å². The number of amides is 2. The summed E-state index contributed by atoms with van der Waals surface area (Å²) in [6.45, 7) is 7.33. The van der Waals surface area contributed by atoms with E-state index >= 15 is 0 Å². The lowest BCUT2D eigenvalue weighted by molar-refractivity contribution is -0.140. The van der Waals surface area contributed by atoms with Gasteiger partial charge in [0.2, 0.25) is 21.8 Å². The van der Waals surface area contributed by atoms with E-state index in [1.165, 1.54) is 4.90 Å². The van der Waals surface area contributed by atoms with Crippen LogP contribution in [-0.4, -0.2) is 56.1 Å². The fraction of sp³-hybridized carbons (Fsp3) is 0.355. The summed E-state index contributed by atoms with van der Waals surface area (Å²) in [5.74, 6) is -0.360. The third-order valence-electron chi connectivity index (χ3n) is 6.22. The van der Waals surface area contributed by atoms with Gasteiger partial charge in [-0.15, -0.1) is 0 Å². The standard InChI is InChI=1S/C31H37Cl2N3O5S/c1-6-41-25-15-13-24(14-16-25)36(42(5,39)40)21-29(37)35(20-23-12-17-26(32)27(33)18-23)28(30(38)34-31(2,3)4)19-22-10-8-7-9-11-22/h7-18,28H,6,19-21H2,1-5H3,(H,34,38). The van der Waals surface area contributed by atoms with Crippen LogP contribution in [0.15, 0.2) is 72.8 Å². The Morgan fingerprint density at radius 3 is 2.12 bits per heavy atom. The van der Waals surface area contributed by atoms with Gasteiger partial charge in [-0.1, -0.05) is 59.6 Å². The highest BCUT2D eigenvalue weighted by Crippen LogP contribution is 2.26. The van der Waals surface area contributed by atoms with Gasteiger partial charge in [0.15, 0.2) is 0 Å². The number of nitrogens with zero attached hydrogens (tertiary/aromatic N) is 2. The zero-order chi connectivity index (χ0) is 31.1. The van der Waals surface area contributed by atoms with Crippen molar-refractivity contribution in [3.8, 4) is 5.75 Å². The lowest BCUT2D eigenvalue weighted by Crippen LogP contribution is -2.56. The molecule has 0 aliphatic heterocycles. The smallest absolute Gasteiger partial charge is 0.244 e. The number of ether oxygens (including phenoxy) is 1. The third kappa shape index (κ3) is 9.64. The molecular weight excluding hydrogens is 597 g/mol. The van der Waals surface area contributed by atoms with Crippen LogP contribution in [0.2, 0.25) is 10.0 Å². The minimum atomic E-state index is -3.88. The molecule has 0 radical (unpaired) electrons. The van der Waals surface area contributed by atoms with Gasteiger partial charge < -0.3 is 15.0 Å². The summed E-state index contributed by atoms with van der Waals surface area (Å²) in [6, 6.07) is 19.8. The van der Waals surface area contributed by atoms with Crippen LogP contribution in [0.1, 0.15) is 38.8 Å². The van der Waals surface area contributed by atoms with Crippen LogP contribution < -0.4 is 14.4 Å². The highest BCUT2D eigenvalue weighted by atomic mass is 35.5. The molecule has 1 N–H and O–H groups in total. The first kappa shape index (κ1) is 33.2. The normalized spacial score (nSPS) is 12.4. The fourth-order valence-corrected chi connectivity index (χ4v) is 5.50. The minimum absolute atomic E-state index is 0.00827. The van der Waals surface area contributed by atoms with Crippen LogP contribution in [0.25, 0.3) is 0 Å². The average Bonchev–Trinajstić information content (AvgIpc) is 2.91. The van der Waals surface area contributed by atoms with E-state index < -0.39 is 34.1 Å². The highest BCUT2D eigenvalue weighted by Gasteiger charge is 2.34. The first-order valence-electron chi connectivity index (χ1n) is 13.5. The van der Waals surface area contributed by atoms with Crippen LogP contribution in [-0.2, 0) is 32.6 Å². The monoisotopic (exact) mass is 633 g/mol. The zero-order valence-corrected chi connectivity index (χ0v) is 26.8. The van der Waals surface area contributed by atoms with Crippen molar-refractivity contribution in [3.63, 3.8) is 0 Å². The second-order valence-electron chi connectivity index (χ2n) is 10.9. The van der Waals surface area contributed by atoms with E-state index in [2.05, 4.69) is 5.32 Å². The number of halogens is 2. The summed E-state index contributed by atoms with van der Waals surface area (Å²) in [5.41, 5.74) is 1.18. The molecule has 0 spiro atoms. The predicted octanol–water partition coefficient (Wildman–Crippen LogP) is 5.71. The molecule has 42 heavy (non-hydrogen) atoms. The van der Waals surface area contributed by atoms with Gasteiger partial charge in [-0.25, -0.2) is 8.42 Å². The first-order valence-corrected chi connectivity index (χ1v) is 16.1. The van der Waals surface area contributed by atoms with Crippen molar-refractivity contribution in [1.29, 1.82) is 0 Å². The van der Waals surface area contributed by atoms with E-state index in [1.807, 2.05) is 58.0 Å². The number of carbonyl (C=O) groups is 2. The number of nitrogens with one attached hydrogen (secondary N) is 1. The third-order valence-corrected chi connectivity index (χ3v) is 8.10. The summed E-state index contributed by atoms with van der Waals surface area (Å²) in [5, 5.41) is 3.64. The molecule has 3 aromatic carbocycles.